The Labute approximate surface area is 217 Å². The molecule has 9 nitrogen and oxygen atoms in total. The number of anilines is 1. The van der Waals surface area contributed by atoms with Gasteiger partial charge in [0, 0.05) is 0 Å². The zero-order chi connectivity index (χ0) is 25.1. The van der Waals surface area contributed by atoms with Crippen molar-refractivity contribution < 1.29 is 13.5 Å². The van der Waals surface area contributed by atoms with Gasteiger partial charge in [0.15, 0.2) is 0 Å². The van der Waals surface area contributed by atoms with Crippen LogP contribution in [0.1, 0.15) is 49.3 Å². The zero-order valence-corrected chi connectivity index (χ0v) is 22.5. The Hall–Kier alpha value is -2.07. The van der Waals surface area contributed by atoms with E-state index in [0.29, 0.717) is 10.6 Å². The molecule has 3 aromatic rings. The summed E-state index contributed by atoms with van der Waals surface area (Å²) >= 11 is 0.738. The van der Waals surface area contributed by atoms with Gasteiger partial charge in [-0.05, 0) is 0 Å². The molecule has 4 heterocycles. The fourth-order valence-corrected chi connectivity index (χ4v) is 7.13. The molecular weight excluding hydrogens is 553 g/mol. The number of nitrogens with one attached hydrogen (secondary N) is 2. The molecule has 3 aromatic heterocycles. The van der Waals surface area contributed by atoms with E-state index in [-0.39, 0.29) is 4.57 Å². The summed E-state index contributed by atoms with van der Waals surface area (Å²) in [6.45, 7) is 4.62. The molecule has 1 atom stereocenters. The minimum atomic E-state index is -2.62. The number of halogens is 2. The molecule has 0 unspecified atom stereocenters. The molecule has 2 saturated carbocycles. The van der Waals surface area contributed by atoms with E-state index in [2.05, 4.69) is 44.2 Å². The van der Waals surface area contributed by atoms with Gasteiger partial charge >= 0.3 is 218 Å². The van der Waals surface area contributed by atoms with Gasteiger partial charge in [0.05, 0.1) is 0 Å². The third kappa shape index (κ3) is 4.23. The van der Waals surface area contributed by atoms with Gasteiger partial charge in [0.2, 0.25) is 0 Å². The number of ether oxygens (including phenoxy) is 1. The average molecular weight is 580 g/mol. The molecule has 0 amide bonds. The summed E-state index contributed by atoms with van der Waals surface area (Å²) < 4.78 is 38.4. The molecule has 2 N–H and O–H groups in total. The molecular formula is C23H26F2N8OSSe. The Bertz CT molecular complexity index is 1350. The number of nitrogens with zero attached hydrogens (tertiary/aromatic N) is 6. The fraction of sp³-hybridized carbons (Fsp3) is 0.565. The maximum absolute atomic E-state index is 13.5. The van der Waals surface area contributed by atoms with Gasteiger partial charge in [-0.2, -0.15) is 0 Å². The molecule has 36 heavy (non-hydrogen) atoms. The van der Waals surface area contributed by atoms with Crippen LogP contribution in [0.3, 0.4) is 0 Å². The first-order valence-corrected chi connectivity index (χ1v) is 14.5. The summed E-state index contributed by atoms with van der Waals surface area (Å²) in [6, 6.07) is 6.78. The first kappa shape index (κ1) is 24.3. The van der Waals surface area contributed by atoms with Crippen LogP contribution in [-0.2, 0) is 10.3 Å². The number of aromatic nitrogens is 4. The third-order valence-corrected chi connectivity index (χ3v) is 10.0. The SMILES string of the molecule is COC1(c2nn3c(N4CCN[C@@H](C)C4)cc(SNC4(C#N)CC4)cc3c2-c2nnc(C(F)F)[se]2)CC1. The van der Waals surface area contributed by atoms with E-state index in [1.165, 1.54) is 11.9 Å². The van der Waals surface area contributed by atoms with Gasteiger partial charge in [-0.3, -0.25) is 0 Å². The molecule has 0 radical (unpaired) electrons. The van der Waals surface area contributed by atoms with Crippen molar-refractivity contribution in [3.63, 3.8) is 0 Å². The van der Waals surface area contributed by atoms with Gasteiger partial charge in [-0.25, -0.2) is 0 Å². The van der Waals surface area contributed by atoms with E-state index < -0.39 is 32.1 Å². The molecule has 0 spiro atoms. The van der Waals surface area contributed by atoms with Crippen LogP contribution in [0.15, 0.2) is 17.0 Å². The summed E-state index contributed by atoms with van der Waals surface area (Å²) in [4.78, 5) is 3.23. The number of nitriles is 1. The number of piperazine rings is 1. The number of methoxy groups -OCH3 is 1. The monoisotopic (exact) mass is 580 g/mol. The first-order chi connectivity index (χ1) is 17.4. The normalized spacial score (nSPS) is 22.2. The van der Waals surface area contributed by atoms with Gasteiger partial charge < -0.3 is 0 Å². The van der Waals surface area contributed by atoms with Crippen molar-refractivity contribution in [2.45, 2.75) is 61.1 Å². The number of fused-ring (bicyclic) bond motifs is 1. The van der Waals surface area contributed by atoms with Crippen molar-refractivity contribution in [1.29, 1.82) is 5.26 Å². The van der Waals surface area contributed by atoms with Crippen molar-refractivity contribution in [2.75, 3.05) is 31.6 Å². The number of alkyl halides is 2. The number of rotatable bonds is 8. The van der Waals surface area contributed by atoms with Crippen LogP contribution in [0.25, 0.3) is 15.6 Å². The van der Waals surface area contributed by atoms with E-state index in [0.717, 1.165) is 72.8 Å². The summed E-state index contributed by atoms with van der Waals surface area (Å²) in [6.07, 6.45) is 0.662. The summed E-state index contributed by atoms with van der Waals surface area (Å²) in [5, 5.41) is 26.1. The zero-order valence-electron chi connectivity index (χ0n) is 19.9. The average Bonchev–Trinajstić information content (AvgIpc) is 3.76. The Kier molecular flexibility index (Phi) is 6.10. The van der Waals surface area contributed by atoms with Gasteiger partial charge in [0.1, 0.15) is 0 Å². The van der Waals surface area contributed by atoms with E-state index in [1.54, 1.807) is 7.11 Å². The van der Waals surface area contributed by atoms with Crippen LogP contribution < -0.4 is 14.9 Å². The molecule has 2 aliphatic carbocycles. The second kappa shape index (κ2) is 9.04. The molecule has 3 fully saturated rings. The minimum absolute atomic E-state index is 0.168. The van der Waals surface area contributed by atoms with E-state index in [4.69, 9.17) is 9.84 Å². The Morgan fingerprint density at radius 1 is 1.31 bits per heavy atom. The third-order valence-electron chi connectivity index (χ3n) is 7.08. The Morgan fingerprint density at radius 2 is 2.11 bits per heavy atom. The second-order valence-corrected chi connectivity index (χ2v) is 12.7. The van der Waals surface area contributed by atoms with Crippen molar-refractivity contribution in [3.05, 3.63) is 22.4 Å². The van der Waals surface area contributed by atoms with Crippen LogP contribution in [0, 0.1) is 11.3 Å². The molecule has 190 valence electrons. The van der Waals surface area contributed by atoms with Crippen molar-refractivity contribution in [1.82, 2.24) is 29.9 Å². The van der Waals surface area contributed by atoms with Crippen LogP contribution >= 0.6 is 11.9 Å². The van der Waals surface area contributed by atoms with Crippen molar-refractivity contribution >= 4 is 37.8 Å². The van der Waals surface area contributed by atoms with E-state index in [9.17, 15) is 14.0 Å². The molecule has 1 saturated heterocycles. The van der Waals surface area contributed by atoms with Gasteiger partial charge in [-0.1, -0.05) is 0 Å². The first-order valence-electron chi connectivity index (χ1n) is 11.9. The molecule has 1 aliphatic heterocycles. The van der Waals surface area contributed by atoms with Crippen LogP contribution in [0.4, 0.5) is 14.6 Å². The quantitative estimate of drug-likeness (QED) is 0.308. The topological polar surface area (TPSA) is 103 Å². The van der Waals surface area contributed by atoms with Crippen LogP contribution in [-0.4, -0.2) is 72.6 Å². The summed E-state index contributed by atoms with van der Waals surface area (Å²) in [5.41, 5.74) is 1.27. The Morgan fingerprint density at radius 3 is 2.72 bits per heavy atom. The fourth-order valence-electron chi connectivity index (χ4n) is 4.65. The predicted molar refractivity (Wildman–Crippen MR) is 132 cm³/mol. The standard InChI is InChI=1S/C23H26F2N8OSSe/c1-13-11-32(8-7-27-13)16-10-14(35-31-22(12-26)3-4-22)9-15-17(20-28-29-21(36-20)19(24)25)18(30-33(15)16)23(34-2)5-6-23/h9-10,13,19,27,31H,3-8,11H2,1-2H3/t13-/m0/s1. The van der Waals surface area contributed by atoms with Crippen molar-refractivity contribution in [2.24, 2.45) is 0 Å². The number of hydrogen-bond acceptors (Lipinski definition) is 9. The van der Waals surface area contributed by atoms with Crippen LogP contribution in [0.2, 0.25) is 0 Å². The molecule has 3 aliphatic rings. The van der Waals surface area contributed by atoms with Crippen LogP contribution in [0.5, 0.6) is 0 Å². The maximum atomic E-state index is 13.5. The van der Waals surface area contributed by atoms with E-state index in [1.807, 2.05) is 10.6 Å². The number of hydrogen-bond donors (Lipinski definition) is 2. The molecule has 0 bridgehead atoms. The molecule has 6 rings (SSSR count). The Balaban J connectivity index is 1.53. The molecule has 13 heteroatoms. The van der Waals surface area contributed by atoms with E-state index >= 15 is 0 Å². The molecule has 0 aromatic carbocycles. The van der Waals surface area contributed by atoms with Crippen molar-refractivity contribution in [3.8, 4) is 16.2 Å². The number of pyridine rings is 1. The second-order valence-electron chi connectivity index (χ2n) is 9.71. The predicted octanol–water partition coefficient (Wildman–Crippen LogP) is 2.87. The summed E-state index contributed by atoms with van der Waals surface area (Å²) in [7, 11) is 1.67. The van der Waals surface area contributed by atoms with Gasteiger partial charge in [-0.15, -0.1) is 0 Å². The van der Waals surface area contributed by atoms with Gasteiger partial charge in [0.25, 0.3) is 0 Å². The summed E-state index contributed by atoms with van der Waals surface area (Å²) in [5.74, 6) is 0.924.